The second-order valence-corrected chi connectivity index (χ2v) is 10.1. The van der Waals surface area contributed by atoms with E-state index in [-0.39, 0.29) is 17.6 Å². The van der Waals surface area contributed by atoms with Gasteiger partial charge in [0, 0.05) is 59.7 Å². The van der Waals surface area contributed by atoms with Gasteiger partial charge in [-0.05, 0) is 55.9 Å². The summed E-state index contributed by atoms with van der Waals surface area (Å²) in [6, 6.07) is 5.50. The predicted octanol–water partition coefficient (Wildman–Crippen LogP) is 4.37. The van der Waals surface area contributed by atoms with E-state index in [0.717, 1.165) is 39.6 Å². The Labute approximate surface area is 206 Å². The summed E-state index contributed by atoms with van der Waals surface area (Å²) in [4.78, 5) is 34.5. The number of piperazine rings is 1. The molecule has 6 nitrogen and oxygen atoms in total. The zero-order valence-corrected chi connectivity index (χ0v) is 20.5. The van der Waals surface area contributed by atoms with Gasteiger partial charge >= 0.3 is 5.69 Å². The molecule has 2 aliphatic rings. The number of hydrogen-bond donors (Lipinski definition) is 0. The van der Waals surface area contributed by atoms with Crippen molar-refractivity contribution in [3.8, 4) is 11.1 Å². The lowest BCUT2D eigenvalue weighted by molar-refractivity contribution is -0.126. The molecule has 1 atom stereocenters. The summed E-state index contributed by atoms with van der Waals surface area (Å²) < 4.78 is 30.2. The first-order valence-electron chi connectivity index (χ1n) is 11.6. The van der Waals surface area contributed by atoms with Crippen LogP contribution < -0.4 is 10.6 Å². The number of carbonyl (C=O) groups excluding carboxylic acids is 1. The molecular formula is C26H26F2N4O2S. The number of halogens is 2. The molecule has 1 aromatic heterocycles. The molecule has 0 aliphatic carbocycles. The molecule has 1 saturated heterocycles. The van der Waals surface area contributed by atoms with Gasteiger partial charge < -0.3 is 9.80 Å². The average molecular weight is 497 g/mol. The van der Waals surface area contributed by atoms with Gasteiger partial charge in [0.15, 0.2) is 0 Å². The summed E-state index contributed by atoms with van der Waals surface area (Å²) in [6.07, 6.45) is 2.09. The van der Waals surface area contributed by atoms with Crippen molar-refractivity contribution in [2.45, 2.75) is 37.8 Å². The van der Waals surface area contributed by atoms with Crippen LogP contribution in [0.15, 0.2) is 46.6 Å². The van der Waals surface area contributed by atoms with Gasteiger partial charge in [0.25, 0.3) is 0 Å². The molecule has 5 rings (SSSR count). The van der Waals surface area contributed by atoms with E-state index in [2.05, 4.69) is 16.5 Å². The minimum absolute atomic E-state index is 0.0608. The summed E-state index contributed by atoms with van der Waals surface area (Å²) in [6.45, 7) is 9.54. The van der Waals surface area contributed by atoms with Gasteiger partial charge in [-0.15, -0.1) is 11.8 Å². The summed E-state index contributed by atoms with van der Waals surface area (Å²) in [5.74, 6) is -0.0274. The summed E-state index contributed by atoms with van der Waals surface area (Å²) >= 11 is 1.59. The van der Waals surface area contributed by atoms with Crippen LogP contribution in [0, 0.1) is 18.6 Å². The largest absolute Gasteiger partial charge is 0.350 e. The van der Waals surface area contributed by atoms with Crippen molar-refractivity contribution < 1.29 is 13.6 Å². The first kappa shape index (κ1) is 23.5. The maximum atomic E-state index is 14.9. The Morgan fingerprint density at radius 1 is 1.23 bits per heavy atom. The number of anilines is 1. The molecule has 0 unspecified atom stereocenters. The molecule has 0 bridgehead atoms. The van der Waals surface area contributed by atoms with Crippen LogP contribution in [0.2, 0.25) is 0 Å². The van der Waals surface area contributed by atoms with Gasteiger partial charge in [0.2, 0.25) is 5.91 Å². The van der Waals surface area contributed by atoms with Crippen LogP contribution in [0.1, 0.15) is 18.9 Å². The van der Waals surface area contributed by atoms with E-state index < -0.39 is 11.6 Å². The van der Waals surface area contributed by atoms with Crippen LogP contribution in [0.25, 0.3) is 22.0 Å². The van der Waals surface area contributed by atoms with E-state index in [4.69, 9.17) is 0 Å². The zero-order chi connectivity index (χ0) is 24.9. The predicted molar refractivity (Wildman–Crippen MR) is 135 cm³/mol. The molecule has 2 aliphatic heterocycles. The van der Waals surface area contributed by atoms with Crippen LogP contribution >= 0.6 is 11.8 Å². The van der Waals surface area contributed by atoms with Crippen LogP contribution in [-0.2, 0) is 11.3 Å². The fourth-order valence-electron chi connectivity index (χ4n) is 5.11. The summed E-state index contributed by atoms with van der Waals surface area (Å²) in [7, 11) is 0. The number of amides is 1. The number of thioether (sulfide) groups is 1. The molecule has 3 heterocycles. The molecule has 0 saturated carbocycles. The molecule has 182 valence electrons. The molecular weight excluding hydrogens is 470 g/mol. The van der Waals surface area contributed by atoms with Gasteiger partial charge in [-0.1, -0.05) is 6.58 Å². The van der Waals surface area contributed by atoms with E-state index in [1.165, 1.54) is 18.2 Å². The normalized spacial score (nSPS) is 18.0. The Bertz CT molecular complexity index is 1420. The molecule has 35 heavy (non-hydrogen) atoms. The molecule has 9 heteroatoms. The fraction of sp³-hybridized carbons (Fsp3) is 0.346. The molecule has 0 radical (unpaired) electrons. The topological polar surface area (TPSA) is 58.4 Å². The van der Waals surface area contributed by atoms with E-state index >= 15 is 0 Å². The van der Waals surface area contributed by atoms with E-state index in [9.17, 15) is 18.4 Å². The molecule has 1 amide bonds. The molecule has 2 aromatic carbocycles. The Morgan fingerprint density at radius 2 is 2.03 bits per heavy atom. The second kappa shape index (κ2) is 9.11. The molecule has 0 spiro atoms. The number of rotatable bonds is 3. The monoisotopic (exact) mass is 496 g/mol. The van der Waals surface area contributed by atoms with Gasteiger partial charge in [0.1, 0.15) is 17.5 Å². The van der Waals surface area contributed by atoms with Crippen molar-refractivity contribution in [2.24, 2.45) is 0 Å². The van der Waals surface area contributed by atoms with E-state index in [0.29, 0.717) is 43.1 Å². The van der Waals surface area contributed by atoms with Crippen molar-refractivity contribution in [1.82, 2.24) is 14.5 Å². The highest BCUT2D eigenvalue weighted by atomic mass is 32.2. The van der Waals surface area contributed by atoms with Crippen molar-refractivity contribution in [3.05, 3.63) is 64.6 Å². The molecule has 3 aromatic rings. The number of carbonyl (C=O) groups is 1. The number of nitrogens with zero attached hydrogens (tertiary/aromatic N) is 4. The lowest BCUT2D eigenvalue weighted by Crippen LogP contribution is -2.54. The highest BCUT2D eigenvalue weighted by molar-refractivity contribution is 7.99. The standard InChI is InChI=1S/C26H26F2N4O2S/c1-4-21(33)30-9-10-31(16(3)14-30)25-19-12-15(2)22(18-7-6-17(27)13-20(18)28)24-23(19)32(26(34)29-25)8-5-11-35-24/h4,6-7,12-13,16H,1,5,8-11,14H2,2-3H3/t16-/m0/s1. The maximum Gasteiger partial charge on any atom is 0.350 e. The third kappa shape index (κ3) is 4.01. The van der Waals surface area contributed by atoms with Crippen LogP contribution in [0.4, 0.5) is 14.6 Å². The van der Waals surface area contributed by atoms with Gasteiger partial charge in [-0.25, -0.2) is 13.6 Å². The highest BCUT2D eigenvalue weighted by Crippen LogP contribution is 2.44. The number of aryl methyl sites for hydroxylation is 2. The maximum absolute atomic E-state index is 14.9. The van der Waals surface area contributed by atoms with Crippen LogP contribution in [0.3, 0.4) is 0 Å². The third-order valence-corrected chi connectivity index (χ3v) is 7.93. The molecule has 1 fully saturated rings. The fourth-order valence-corrected chi connectivity index (χ4v) is 6.36. The highest BCUT2D eigenvalue weighted by Gasteiger charge is 2.30. The Kier molecular flexibility index (Phi) is 6.13. The average Bonchev–Trinajstić information content (AvgIpc) is 3.05. The molecule has 0 N–H and O–H groups in total. The van der Waals surface area contributed by atoms with Crippen molar-refractivity contribution in [1.29, 1.82) is 0 Å². The minimum Gasteiger partial charge on any atom is -0.350 e. The number of benzene rings is 2. The first-order valence-corrected chi connectivity index (χ1v) is 12.6. The van der Waals surface area contributed by atoms with Crippen molar-refractivity contribution in [3.63, 3.8) is 0 Å². The Balaban J connectivity index is 1.73. The zero-order valence-electron chi connectivity index (χ0n) is 19.7. The number of hydrogen-bond acceptors (Lipinski definition) is 5. The minimum atomic E-state index is -0.631. The smallest absolute Gasteiger partial charge is 0.350 e. The van der Waals surface area contributed by atoms with Gasteiger partial charge in [-0.3, -0.25) is 9.36 Å². The second-order valence-electron chi connectivity index (χ2n) is 9.02. The SMILES string of the molecule is C=CC(=O)N1CCN(c2nc(=O)n3c4c(c(-c5ccc(F)cc5F)c(C)cc24)SCCC3)[C@@H](C)C1. The van der Waals surface area contributed by atoms with E-state index in [1.807, 2.05) is 19.9 Å². The first-order chi connectivity index (χ1) is 16.8. The quantitative estimate of drug-likeness (QED) is 0.504. The lowest BCUT2D eigenvalue weighted by Gasteiger charge is -2.40. The van der Waals surface area contributed by atoms with Gasteiger partial charge in [-0.2, -0.15) is 4.98 Å². The lowest BCUT2D eigenvalue weighted by atomic mass is 9.97. The summed E-state index contributed by atoms with van der Waals surface area (Å²) in [5.41, 5.74) is 2.22. The van der Waals surface area contributed by atoms with Gasteiger partial charge in [0.05, 0.1) is 5.52 Å². The third-order valence-electron chi connectivity index (χ3n) is 6.75. The Morgan fingerprint density at radius 3 is 2.74 bits per heavy atom. The summed E-state index contributed by atoms with van der Waals surface area (Å²) in [5, 5.41) is 0.827. The Hall–Kier alpha value is -3.20. The van der Waals surface area contributed by atoms with Crippen molar-refractivity contribution >= 4 is 34.4 Å². The van der Waals surface area contributed by atoms with E-state index in [1.54, 1.807) is 21.2 Å². The van der Waals surface area contributed by atoms with Crippen LogP contribution in [0.5, 0.6) is 0 Å². The van der Waals surface area contributed by atoms with Crippen LogP contribution in [-0.4, -0.2) is 51.8 Å². The number of aromatic nitrogens is 2. The van der Waals surface area contributed by atoms with Crippen molar-refractivity contribution in [2.75, 3.05) is 30.3 Å².